The van der Waals surface area contributed by atoms with Gasteiger partial charge in [-0.05, 0) is 16.7 Å². The number of thioether (sulfide) groups is 3. The third-order valence-corrected chi connectivity index (χ3v) is 12.5. The summed E-state index contributed by atoms with van der Waals surface area (Å²) in [7, 11) is 0. The third-order valence-electron chi connectivity index (χ3n) is 6.05. The molecule has 2 bridgehead atoms. The number of aliphatic hydroxyl groups is 1. The Kier molecular flexibility index (Phi) is 6.15. The fourth-order valence-electron chi connectivity index (χ4n) is 4.27. The van der Waals surface area contributed by atoms with Crippen LogP contribution in [0.3, 0.4) is 0 Å². The standard InChI is InChI=1S/C26H26O2S3/c27-25(22-12-6-2-7-13-22,23-14-8-3-9-15-23)26-29-18-24(19-30-26,20-31-26)17-28-16-21-10-4-1-5-11-21/h1-15,27H,16-20H2. The third kappa shape index (κ3) is 3.96. The molecule has 3 aromatic rings. The van der Waals surface area contributed by atoms with Gasteiger partial charge in [-0.25, -0.2) is 0 Å². The van der Waals surface area contributed by atoms with Crippen LogP contribution < -0.4 is 0 Å². The van der Waals surface area contributed by atoms with Crippen molar-refractivity contribution in [2.75, 3.05) is 23.9 Å². The van der Waals surface area contributed by atoms with Crippen molar-refractivity contribution in [3.63, 3.8) is 0 Å². The maximum atomic E-state index is 12.4. The highest BCUT2D eigenvalue weighted by atomic mass is 32.3. The quantitative estimate of drug-likeness (QED) is 0.461. The molecule has 2 nitrogen and oxygen atoms in total. The summed E-state index contributed by atoms with van der Waals surface area (Å²) in [5, 5.41) is 12.4. The topological polar surface area (TPSA) is 29.5 Å². The summed E-state index contributed by atoms with van der Waals surface area (Å²) in [5.74, 6) is 3.01. The fourth-order valence-corrected chi connectivity index (χ4v) is 10.4. The largest absolute Gasteiger partial charge is 0.377 e. The molecule has 6 rings (SSSR count). The second kappa shape index (κ2) is 8.87. The van der Waals surface area contributed by atoms with E-state index in [0.29, 0.717) is 6.61 Å². The van der Waals surface area contributed by atoms with Crippen LogP contribution in [0.4, 0.5) is 0 Å². The zero-order valence-electron chi connectivity index (χ0n) is 17.3. The first-order valence-corrected chi connectivity index (χ1v) is 13.5. The molecule has 160 valence electrons. The van der Waals surface area contributed by atoms with Gasteiger partial charge in [0.25, 0.3) is 0 Å². The molecule has 3 aromatic carbocycles. The van der Waals surface area contributed by atoms with Crippen LogP contribution in [0.1, 0.15) is 16.7 Å². The van der Waals surface area contributed by atoms with Crippen molar-refractivity contribution < 1.29 is 9.84 Å². The van der Waals surface area contributed by atoms with Gasteiger partial charge in [0.2, 0.25) is 0 Å². The van der Waals surface area contributed by atoms with E-state index in [2.05, 4.69) is 48.5 Å². The molecule has 3 heterocycles. The van der Waals surface area contributed by atoms with Crippen LogP contribution >= 0.6 is 35.3 Å². The van der Waals surface area contributed by atoms with E-state index in [9.17, 15) is 5.11 Å². The van der Waals surface area contributed by atoms with Crippen molar-refractivity contribution in [1.82, 2.24) is 0 Å². The van der Waals surface area contributed by atoms with Gasteiger partial charge in [0, 0.05) is 22.7 Å². The molecule has 3 saturated heterocycles. The monoisotopic (exact) mass is 466 g/mol. The van der Waals surface area contributed by atoms with E-state index in [0.717, 1.165) is 35.0 Å². The van der Waals surface area contributed by atoms with E-state index in [4.69, 9.17) is 4.74 Å². The van der Waals surface area contributed by atoms with Gasteiger partial charge in [-0.15, -0.1) is 35.3 Å². The molecule has 31 heavy (non-hydrogen) atoms. The fraction of sp³-hybridized carbons (Fsp3) is 0.308. The normalized spacial score (nSPS) is 25.5. The lowest BCUT2D eigenvalue weighted by Gasteiger charge is -2.57. The van der Waals surface area contributed by atoms with E-state index >= 15 is 0 Å². The van der Waals surface area contributed by atoms with Gasteiger partial charge in [-0.2, -0.15) is 0 Å². The number of fused-ring (bicyclic) bond motifs is 3. The van der Waals surface area contributed by atoms with Gasteiger partial charge in [0.05, 0.1) is 13.2 Å². The second-order valence-corrected chi connectivity index (χ2v) is 12.7. The summed E-state index contributed by atoms with van der Waals surface area (Å²) in [6.07, 6.45) is 0. The van der Waals surface area contributed by atoms with Crippen LogP contribution in [0.15, 0.2) is 91.0 Å². The highest BCUT2D eigenvalue weighted by Gasteiger charge is 2.62. The lowest BCUT2D eigenvalue weighted by molar-refractivity contribution is 0.0598. The molecule has 0 atom stereocenters. The predicted molar refractivity (Wildman–Crippen MR) is 135 cm³/mol. The Morgan fingerprint density at radius 3 is 1.65 bits per heavy atom. The Balaban J connectivity index is 1.36. The van der Waals surface area contributed by atoms with Gasteiger partial charge < -0.3 is 9.84 Å². The Hall–Kier alpha value is -1.37. The summed E-state index contributed by atoms with van der Waals surface area (Å²) in [5.41, 5.74) is 2.24. The number of hydrogen-bond acceptors (Lipinski definition) is 5. The molecule has 0 aromatic heterocycles. The first kappa shape index (κ1) is 21.5. The van der Waals surface area contributed by atoms with Gasteiger partial charge in [0.1, 0.15) is 9.01 Å². The van der Waals surface area contributed by atoms with E-state index in [-0.39, 0.29) is 8.83 Å². The number of hydrogen-bond donors (Lipinski definition) is 1. The molecule has 5 heteroatoms. The molecule has 0 unspecified atom stereocenters. The van der Waals surface area contributed by atoms with E-state index in [1.54, 1.807) is 0 Å². The molecular weight excluding hydrogens is 440 g/mol. The van der Waals surface area contributed by atoms with E-state index in [1.807, 2.05) is 77.8 Å². The van der Waals surface area contributed by atoms with Gasteiger partial charge in [-0.1, -0.05) is 91.0 Å². The minimum Gasteiger partial charge on any atom is -0.377 e. The van der Waals surface area contributed by atoms with Crippen molar-refractivity contribution in [3.8, 4) is 0 Å². The maximum absolute atomic E-state index is 12.4. The maximum Gasteiger partial charge on any atom is 0.148 e. The number of ether oxygens (including phenoxy) is 1. The molecule has 0 radical (unpaired) electrons. The molecule has 3 fully saturated rings. The molecule has 3 aliphatic rings. The summed E-state index contributed by atoms with van der Waals surface area (Å²) in [6, 6.07) is 30.7. The number of rotatable bonds is 7. The van der Waals surface area contributed by atoms with Crippen LogP contribution in [-0.2, 0) is 16.9 Å². The highest BCUT2D eigenvalue weighted by Crippen LogP contribution is 2.69. The second-order valence-electron chi connectivity index (χ2n) is 8.34. The lowest BCUT2D eigenvalue weighted by Crippen LogP contribution is -2.56. The molecule has 0 spiro atoms. The zero-order valence-corrected chi connectivity index (χ0v) is 19.7. The zero-order chi connectivity index (χ0) is 21.2. The summed E-state index contributed by atoms with van der Waals surface area (Å²) < 4.78 is 5.80. The SMILES string of the molecule is OC(c1ccccc1)(c1ccccc1)C12SCC(COCc3ccccc3)(CS1)CS2. The van der Waals surface area contributed by atoms with Gasteiger partial charge >= 0.3 is 0 Å². The number of benzene rings is 3. The first-order chi connectivity index (χ1) is 15.2. The van der Waals surface area contributed by atoms with Crippen LogP contribution in [-0.4, -0.2) is 32.4 Å². The first-order valence-electron chi connectivity index (χ1n) is 10.5. The average Bonchev–Trinajstić information content (AvgIpc) is 2.86. The summed E-state index contributed by atoms with van der Waals surface area (Å²) in [4.78, 5) is 0. The molecule has 0 saturated carbocycles. The average molecular weight is 467 g/mol. The lowest BCUT2D eigenvalue weighted by atomic mass is 9.87. The van der Waals surface area contributed by atoms with Crippen molar-refractivity contribution in [3.05, 3.63) is 108 Å². The predicted octanol–water partition coefficient (Wildman–Crippen LogP) is 6.01. The van der Waals surface area contributed by atoms with Gasteiger partial charge in [0.15, 0.2) is 0 Å². The van der Waals surface area contributed by atoms with Crippen molar-refractivity contribution >= 4 is 35.3 Å². The highest BCUT2D eigenvalue weighted by molar-refractivity contribution is 8.35. The summed E-state index contributed by atoms with van der Waals surface area (Å²) in [6.45, 7) is 1.42. The van der Waals surface area contributed by atoms with Crippen molar-refractivity contribution in [2.24, 2.45) is 5.41 Å². The molecule has 1 N–H and O–H groups in total. The van der Waals surface area contributed by atoms with Crippen molar-refractivity contribution in [1.29, 1.82) is 0 Å². The Labute approximate surface area is 197 Å². The van der Waals surface area contributed by atoms with Crippen LogP contribution in [0.2, 0.25) is 0 Å². The molecular formula is C26H26O2S3. The Morgan fingerprint density at radius 1 is 0.710 bits per heavy atom. The van der Waals surface area contributed by atoms with Crippen molar-refractivity contribution in [2.45, 2.75) is 15.6 Å². The minimum absolute atomic E-state index is 0.158. The molecule has 0 aliphatic carbocycles. The Bertz CT molecular complexity index is 931. The minimum atomic E-state index is -1.06. The van der Waals surface area contributed by atoms with E-state index in [1.165, 1.54) is 5.56 Å². The smallest absolute Gasteiger partial charge is 0.148 e. The molecule has 0 amide bonds. The van der Waals surface area contributed by atoms with Crippen LogP contribution in [0, 0.1) is 5.41 Å². The van der Waals surface area contributed by atoms with E-state index < -0.39 is 5.60 Å². The van der Waals surface area contributed by atoms with Gasteiger partial charge in [-0.3, -0.25) is 0 Å². The summed E-state index contributed by atoms with van der Waals surface area (Å²) >= 11 is 5.69. The Morgan fingerprint density at radius 2 is 1.16 bits per heavy atom. The van der Waals surface area contributed by atoms with Crippen LogP contribution in [0.5, 0.6) is 0 Å². The van der Waals surface area contributed by atoms with Crippen LogP contribution in [0.25, 0.3) is 0 Å². The molecule has 3 aliphatic heterocycles.